The van der Waals surface area contributed by atoms with Crippen molar-refractivity contribution < 1.29 is 19.1 Å². The van der Waals surface area contributed by atoms with E-state index in [0.29, 0.717) is 5.75 Å². The smallest absolute Gasteiger partial charge is 0.329 e. The van der Waals surface area contributed by atoms with Gasteiger partial charge in [0.25, 0.3) is 5.91 Å². The molecule has 5 nitrogen and oxygen atoms in total. The molecule has 1 heterocycles. The predicted octanol–water partition coefficient (Wildman–Crippen LogP) is 3.61. The first-order chi connectivity index (χ1) is 13.0. The number of carbonyl (C=O) groups is 2. The van der Waals surface area contributed by atoms with E-state index < -0.39 is 12.1 Å². The zero-order valence-corrected chi connectivity index (χ0v) is 15.9. The van der Waals surface area contributed by atoms with E-state index in [0.717, 1.165) is 5.56 Å². The standard InChI is InChI=1S/C22H25NO4/c1-4-26-22(25)18(15(2)3)23-19(16-11-7-5-8-12-16)20(21(23)24)27-17-13-9-6-10-14-17/h5-15,18-20H,4H2,1-3H3/t18-,19?,20?/m0/s1. The second-order valence-corrected chi connectivity index (χ2v) is 6.89. The number of β-lactam (4-membered cyclic amide) rings is 1. The maximum atomic E-state index is 13.0. The lowest BCUT2D eigenvalue weighted by Gasteiger charge is -2.50. The summed E-state index contributed by atoms with van der Waals surface area (Å²) in [6, 6.07) is 18.0. The summed E-state index contributed by atoms with van der Waals surface area (Å²) < 4.78 is 11.2. The van der Waals surface area contributed by atoms with Crippen LogP contribution in [0.3, 0.4) is 0 Å². The van der Waals surface area contributed by atoms with Crippen LogP contribution in [-0.2, 0) is 14.3 Å². The highest BCUT2D eigenvalue weighted by molar-refractivity contribution is 5.93. The van der Waals surface area contributed by atoms with Gasteiger partial charge in [0.05, 0.1) is 6.61 Å². The zero-order valence-electron chi connectivity index (χ0n) is 15.9. The van der Waals surface area contributed by atoms with Crippen LogP contribution in [0.5, 0.6) is 5.75 Å². The number of amides is 1. The molecule has 0 aliphatic carbocycles. The molecule has 2 aromatic rings. The SMILES string of the molecule is CCOC(=O)[C@H](C(C)C)N1C(=O)C(Oc2ccccc2)C1c1ccccc1. The summed E-state index contributed by atoms with van der Waals surface area (Å²) in [5, 5.41) is 0. The van der Waals surface area contributed by atoms with Crippen LogP contribution in [0, 0.1) is 5.92 Å². The molecule has 0 aromatic heterocycles. The molecule has 0 bridgehead atoms. The Morgan fingerprint density at radius 2 is 1.63 bits per heavy atom. The maximum absolute atomic E-state index is 13.0. The van der Waals surface area contributed by atoms with Gasteiger partial charge in [-0.3, -0.25) is 4.79 Å². The van der Waals surface area contributed by atoms with Gasteiger partial charge in [-0.1, -0.05) is 62.4 Å². The second kappa shape index (κ2) is 8.25. The van der Waals surface area contributed by atoms with Gasteiger partial charge in [-0.05, 0) is 30.5 Å². The van der Waals surface area contributed by atoms with Gasteiger partial charge in [0.2, 0.25) is 6.10 Å². The lowest BCUT2D eigenvalue weighted by atomic mass is 9.86. The highest BCUT2D eigenvalue weighted by Crippen LogP contribution is 2.41. The minimum absolute atomic E-state index is 0.0723. The molecule has 0 radical (unpaired) electrons. The topological polar surface area (TPSA) is 55.8 Å². The molecule has 27 heavy (non-hydrogen) atoms. The van der Waals surface area contributed by atoms with E-state index in [9.17, 15) is 9.59 Å². The summed E-state index contributed by atoms with van der Waals surface area (Å²) in [5.74, 6) is -0.00930. The average molecular weight is 367 g/mol. The average Bonchev–Trinajstić information content (AvgIpc) is 2.68. The summed E-state index contributed by atoms with van der Waals surface area (Å²) in [6.45, 7) is 5.89. The van der Waals surface area contributed by atoms with Crippen molar-refractivity contribution in [2.75, 3.05) is 6.61 Å². The van der Waals surface area contributed by atoms with Crippen molar-refractivity contribution in [3.8, 4) is 5.75 Å². The van der Waals surface area contributed by atoms with Crippen molar-refractivity contribution in [2.24, 2.45) is 5.92 Å². The van der Waals surface area contributed by atoms with Gasteiger partial charge < -0.3 is 14.4 Å². The Hall–Kier alpha value is -2.82. The van der Waals surface area contributed by atoms with Gasteiger partial charge in [0.1, 0.15) is 17.8 Å². The molecule has 2 aromatic carbocycles. The molecular formula is C22H25NO4. The molecule has 1 saturated heterocycles. The first-order valence-corrected chi connectivity index (χ1v) is 9.30. The third-order valence-electron chi connectivity index (χ3n) is 4.69. The number of nitrogens with zero attached hydrogens (tertiary/aromatic N) is 1. The zero-order chi connectivity index (χ0) is 19.4. The molecule has 2 unspecified atom stereocenters. The molecule has 1 fully saturated rings. The molecule has 1 amide bonds. The Morgan fingerprint density at radius 1 is 1.04 bits per heavy atom. The fourth-order valence-electron chi connectivity index (χ4n) is 3.47. The number of hydrogen-bond acceptors (Lipinski definition) is 4. The van der Waals surface area contributed by atoms with E-state index in [1.165, 1.54) is 0 Å². The van der Waals surface area contributed by atoms with E-state index in [1.54, 1.807) is 11.8 Å². The van der Waals surface area contributed by atoms with Crippen LogP contribution in [0.15, 0.2) is 60.7 Å². The lowest BCUT2D eigenvalue weighted by Crippen LogP contribution is -2.67. The van der Waals surface area contributed by atoms with E-state index in [1.807, 2.05) is 74.5 Å². The third kappa shape index (κ3) is 3.82. The maximum Gasteiger partial charge on any atom is 0.329 e. The number of carbonyl (C=O) groups excluding carboxylic acids is 2. The summed E-state index contributed by atoms with van der Waals surface area (Å²) in [4.78, 5) is 27.2. The van der Waals surface area contributed by atoms with Gasteiger partial charge in [-0.15, -0.1) is 0 Å². The second-order valence-electron chi connectivity index (χ2n) is 6.89. The highest BCUT2D eigenvalue weighted by Gasteiger charge is 2.55. The molecule has 1 aliphatic rings. The van der Waals surface area contributed by atoms with E-state index in [-0.39, 0.29) is 30.4 Å². The molecule has 0 saturated carbocycles. The number of likely N-dealkylation sites (tertiary alicyclic amines) is 1. The molecule has 0 N–H and O–H groups in total. The molecular weight excluding hydrogens is 342 g/mol. The van der Waals surface area contributed by atoms with Gasteiger partial charge in [0, 0.05) is 0 Å². The third-order valence-corrected chi connectivity index (χ3v) is 4.69. The largest absolute Gasteiger partial charge is 0.478 e. The normalized spacial score (nSPS) is 20.1. The van der Waals surface area contributed by atoms with E-state index in [2.05, 4.69) is 0 Å². The fourth-order valence-corrected chi connectivity index (χ4v) is 3.47. The van der Waals surface area contributed by atoms with Crippen LogP contribution >= 0.6 is 0 Å². The summed E-state index contributed by atoms with van der Waals surface area (Å²) in [6.07, 6.45) is -0.662. The Labute approximate surface area is 159 Å². The van der Waals surface area contributed by atoms with Crippen molar-refractivity contribution >= 4 is 11.9 Å². The van der Waals surface area contributed by atoms with Crippen molar-refractivity contribution in [2.45, 2.75) is 39.0 Å². The van der Waals surface area contributed by atoms with Crippen molar-refractivity contribution in [3.63, 3.8) is 0 Å². The summed E-state index contributed by atoms with van der Waals surface area (Å²) in [7, 11) is 0. The number of ether oxygens (including phenoxy) is 2. The monoisotopic (exact) mass is 367 g/mol. The lowest BCUT2D eigenvalue weighted by molar-refractivity contribution is -0.181. The fraction of sp³-hybridized carbons (Fsp3) is 0.364. The quantitative estimate of drug-likeness (QED) is 0.554. The number of hydrogen-bond donors (Lipinski definition) is 0. The Balaban J connectivity index is 1.93. The van der Waals surface area contributed by atoms with Crippen molar-refractivity contribution in [3.05, 3.63) is 66.2 Å². The van der Waals surface area contributed by atoms with Gasteiger partial charge in [-0.25, -0.2) is 4.79 Å². The van der Waals surface area contributed by atoms with Crippen LogP contribution in [0.25, 0.3) is 0 Å². The predicted molar refractivity (Wildman–Crippen MR) is 102 cm³/mol. The minimum atomic E-state index is -0.662. The van der Waals surface area contributed by atoms with Crippen molar-refractivity contribution in [1.82, 2.24) is 4.90 Å². The van der Waals surface area contributed by atoms with E-state index >= 15 is 0 Å². The molecule has 142 valence electrons. The molecule has 5 heteroatoms. The van der Waals surface area contributed by atoms with E-state index in [4.69, 9.17) is 9.47 Å². The number of para-hydroxylation sites is 1. The van der Waals surface area contributed by atoms with Crippen LogP contribution in [0.1, 0.15) is 32.4 Å². The number of esters is 1. The van der Waals surface area contributed by atoms with Gasteiger partial charge in [-0.2, -0.15) is 0 Å². The molecule has 1 aliphatic heterocycles. The van der Waals surface area contributed by atoms with Gasteiger partial charge >= 0.3 is 5.97 Å². The van der Waals surface area contributed by atoms with Crippen LogP contribution in [0.2, 0.25) is 0 Å². The van der Waals surface area contributed by atoms with Crippen molar-refractivity contribution in [1.29, 1.82) is 0 Å². The summed E-state index contributed by atoms with van der Waals surface area (Å²) >= 11 is 0. The molecule has 3 rings (SSSR count). The van der Waals surface area contributed by atoms with Gasteiger partial charge in [0.15, 0.2) is 0 Å². The first kappa shape index (κ1) is 19.0. The van der Waals surface area contributed by atoms with Crippen LogP contribution in [0.4, 0.5) is 0 Å². The number of rotatable bonds is 7. The Morgan fingerprint density at radius 3 is 2.19 bits per heavy atom. The van der Waals surface area contributed by atoms with Crippen LogP contribution in [-0.4, -0.2) is 35.5 Å². The number of benzene rings is 2. The first-order valence-electron chi connectivity index (χ1n) is 9.30. The minimum Gasteiger partial charge on any atom is -0.478 e. The molecule has 0 spiro atoms. The Kier molecular flexibility index (Phi) is 5.79. The molecule has 3 atom stereocenters. The summed E-state index contributed by atoms with van der Waals surface area (Å²) in [5.41, 5.74) is 0.938. The highest BCUT2D eigenvalue weighted by atomic mass is 16.5. The Bertz CT molecular complexity index is 775. The van der Waals surface area contributed by atoms with Crippen LogP contribution < -0.4 is 4.74 Å².